The van der Waals surface area contributed by atoms with Crippen LogP contribution < -0.4 is 0 Å². The van der Waals surface area contributed by atoms with Crippen molar-refractivity contribution in [1.82, 2.24) is 0 Å². The molecule has 0 saturated heterocycles. The zero-order valence-electron chi connectivity index (χ0n) is 13.3. The van der Waals surface area contributed by atoms with Crippen LogP contribution in [0.15, 0.2) is 23.1 Å². The Labute approximate surface area is 138 Å². The second-order valence-electron chi connectivity index (χ2n) is 4.60. The van der Waals surface area contributed by atoms with Crippen molar-refractivity contribution in [3.63, 3.8) is 0 Å². The first-order chi connectivity index (χ1) is 11.0. The highest BCUT2D eigenvalue weighted by molar-refractivity contribution is 7.87. The van der Waals surface area contributed by atoms with Gasteiger partial charge in [-0.15, -0.1) is 0 Å². The highest BCUT2D eigenvalue weighted by Crippen LogP contribution is 2.49. The maximum absolute atomic E-state index is 13.1. The molecular formula is C13H18F3O6PS. The predicted molar refractivity (Wildman–Crippen MR) is 80.2 cm³/mol. The minimum absolute atomic E-state index is 0.0428. The molecule has 0 amide bonds. The average molecular weight is 390 g/mol. The van der Waals surface area contributed by atoms with Crippen molar-refractivity contribution in [2.75, 3.05) is 19.6 Å². The molecule has 24 heavy (non-hydrogen) atoms. The fraction of sp³-hybridized carbons (Fsp3) is 0.538. The minimum Gasteiger partial charge on any atom is -0.307 e. The molecule has 1 rings (SSSR count). The van der Waals surface area contributed by atoms with Crippen molar-refractivity contribution in [1.29, 1.82) is 0 Å². The van der Waals surface area contributed by atoms with Gasteiger partial charge < -0.3 is 9.05 Å². The van der Waals surface area contributed by atoms with Gasteiger partial charge in [-0.25, -0.2) is 0 Å². The molecule has 0 saturated carbocycles. The Balaban J connectivity index is 3.21. The average Bonchev–Trinajstić information content (AvgIpc) is 2.44. The molecular weight excluding hydrogens is 372 g/mol. The number of alkyl halides is 3. The quantitative estimate of drug-likeness (QED) is 0.494. The van der Waals surface area contributed by atoms with Crippen molar-refractivity contribution >= 4 is 17.7 Å². The molecule has 138 valence electrons. The number of benzene rings is 1. The Kier molecular flexibility index (Phi) is 7.01. The molecule has 0 bridgehead atoms. The summed E-state index contributed by atoms with van der Waals surface area (Å²) in [5, 5.41) is 0. The van der Waals surface area contributed by atoms with Gasteiger partial charge in [0, 0.05) is 0 Å². The largest absolute Gasteiger partial charge is 0.417 e. The van der Waals surface area contributed by atoms with Gasteiger partial charge in [0.2, 0.25) is 0 Å². The van der Waals surface area contributed by atoms with E-state index in [4.69, 9.17) is 9.05 Å². The maximum atomic E-state index is 13.1. The summed E-state index contributed by atoms with van der Waals surface area (Å²) in [5.74, 6) is 0. The molecule has 0 aliphatic carbocycles. The molecule has 0 unspecified atom stereocenters. The van der Waals surface area contributed by atoms with Gasteiger partial charge in [-0.1, -0.05) is 12.1 Å². The number of rotatable bonds is 8. The lowest BCUT2D eigenvalue weighted by atomic mass is 10.1. The second-order valence-corrected chi connectivity index (χ2v) is 8.15. The van der Waals surface area contributed by atoms with Crippen LogP contribution in [0.3, 0.4) is 0 Å². The second kappa shape index (κ2) is 7.97. The van der Waals surface area contributed by atoms with Crippen LogP contribution in [0.1, 0.15) is 25.0 Å². The Bertz CT molecular complexity index is 707. The standard InChI is InChI=1S/C13H18F3O6PS/c1-4-20-23(17,21-5-2)9-22-24(18,19)12-10(3)7-6-8-11(12)13(14,15)16/h6-8H,4-5,9H2,1-3H3. The number of hydrogen-bond donors (Lipinski definition) is 0. The molecule has 0 radical (unpaired) electrons. The molecule has 1 aromatic carbocycles. The van der Waals surface area contributed by atoms with E-state index >= 15 is 0 Å². The van der Waals surface area contributed by atoms with E-state index in [0.717, 1.165) is 6.07 Å². The Morgan fingerprint density at radius 1 is 1.12 bits per heavy atom. The first-order valence-electron chi connectivity index (χ1n) is 6.91. The first-order valence-corrected chi connectivity index (χ1v) is 10.0. The Morgan fingerprint density at radius 3 is 2.12 bits per heavy atom. The summed E-state index contributed by atoms with van der Waals surface area (Å²) in [4.78, 5) is -1.02. The Morgan fingerprint density at radius 2 is 1.67 bits per heavy atom. The van der Waals surface area contributed by atoms with Gasteiger partial charge in [0.25, 0.3) is 10.1 Å². The van der Waals surface area contributed by atoms with Crippen molar-refractivity contribution in [3.8, 4) is 0 Å². The highest BCUT2D eigenvalue weighted by Gasteiger charge is 2.39. The minimum atomic E-state index is -4.89. The maximum Gasteiger partial charge on any atom is 0.417 e. The third-order valence-corrected chi connectivity index (χ3v) is 6.18. The van der Waals surface area contributed by atoms with Crippen LogP contribution in [-0.2, 0) is 34.1 Å². The summed E-state index contributed by atoms with van der Waals surface area (Å²) in [7, 11) is -8.72. The lowest BCUT2D eigenvalue weighted by Gasteiger charge is -2.18. The van der Waals surface area contributed by atoms with Crippen molar-refractivity contribution in [2.24, 2.45) is 0 Å². The lowest BCUT2D eigenvalue weighted by molar-refractivity contribution is -0.140. The SMILES string of the molecule is CCOP(=O)(COS(=O)(=O)c1c(C)cccc1C(F)(F)F)OCC. The fourth-order valence-corrected chi connectivity index (χ4v) is 5.02. The lowest BCUT2D eigenvalue weighted by Crippen LogP contribution is -2.17. The van der Waals surface area contributed by atoms with E-state index in [1.165, 1.54) is 26.8 Å². The third kappa shape index (κ3) is 5.29. The summed E-state index contributed by atoms with van der Waals surface area (Å²) in [6.07, 6.45) is -5.90. The van der Waals surface area contributed by atoms with E-state index in [1.807, 2.05) is 0 Å². The van der Waals surface area contributed by atoms with Crippen LogP contribution in [0.5, 0.6) is 0 Å². The van der Waals surface area contributed by atoms with Crippen LogP contribution in [0.25, 0.3) is 0 Å². The fourth-order valence-electron chi connectivity index (χ4n) is 1.91. The van der Waals surface area contributed by atoms with E-state index in [1.54, 1.807) is 0 Å². The zero-order valence-corrected chi connectivity index (χ0v) is 15.0. The van der Waals surface area contributed by atoms with Crippen molar-refractivity contribution in [2.45, 2.75) is 31.8 Å². The van der Waals surface area contributed by atoms with Gasteiger partial charge in [-0.05, 0) is 32.4 Å². The van der Waals surface area contributed by atoms with Crippen LogP contribution in [0.4, 0.5) is 13.2 Å². The number of halogens is 3. The molecule has 6 nitrogen and oxygen atoms in total. The van der Waals surface area contributed by atoms with Crippen LogP contribution in [0.2, 0.25) is 0 Å². The molecule has 11 heteroatoms. The number of hydrogen-bond acceptors (Lipinski definition) is 6. The van der Waals surface area contributed by atoms with Crippen LogP contribution in [0, 0.1) is 6.92 Å². The molecule has 0 aliphatic rings. The smallest absolute Gasteiger partial charge is 0.307 e. The summed E-state index contributed by atoms with van der Waals surface area (Å²) in [6, 6.07) is 2.92. The van der Waals surface area contributed by atoms with E-state index in [0.29, 0.717) is 6.07 Å². The van der Waals surface area contributed by atoms with E-state index in [-0.39, 0.29) is 18.8 Å². The summed E-state index contributed by atoms with van der Waals surface area (Å²) >= 11 is 0. The van der Waals surface area contributed by atoms with Gasteiger partial charge in [0.1, 0.15) is 4.90 Å². The summed E-state index contributed by atoms with van der Waals surface area (Å²) in [6.45, 7) is 4.13. The van der Waals surface area contributed by atoms with Crippen molar-refractivity contribution in [3.05, 3.63) is 29.3 Å². The molecule has 0 atom stereocenters. The normalized spacial score (nSPS) is 13.2. The van der Waals surface area contributed by atoms with Gasteiger partial charge >= 0.3 is 13.8 Å². The van der Waals surface area contributed by atoms with E-state index in [2.05, 4.69) is 4.18 Å². The topological polar surface area (TPSA) is 78.9 Å². The van der Waals surface area contributed by atoms with E-state index in [9.17, 15) is 26.2 Å². The summed E-state index contributed by atoms with van der Waals surface area (Å²) < 4.78 is 90.1. The van der Waals surface area contributed by atoms with E-state index < -0.39 is 40.7 Å². The van der Waals surface area contributed by atoms with Gasteiger partial charge in [-0.2, -0.15) is 21.6 Å². The molecule has 0 spiro atoms. The first kappa shape index (κ1) is 21.1. The molecule has 0 aromatic heterocycles. The molecule has 1 aromatic rings. The highest BCUT2D eigenvalue weighted by atomic mass is 32.2. The van der Waals surface area contributed by atoms with Crippen molar-refractivity contribution < 1.29 is 39.4 Å². The Hall–Kier alpha value is -0.930. The molecule has 0 N–H and O–H groups in total. The van der Waals surface area contributed by atoms with Gasteiger partial charge in [0.05, 0.1) is 18.8 Å². The molecule has 0 fully saturated rings. The van der Waals surface area contributed by atoms with Crippen LogP contribution in [-0.4, -0.2) is 28.0 Å². The molecule has 0 aliphatic heterocycles. The predicted octanol–water partition coefficient (Wildman–Crippen LogP) is 3.94. The van der Waals surface area contributed by atoms with Gasteiger partial charge in [-0.3, -0.25) is 8.75 Å². The van der Waals surface area contributed by atoms with Crippen LogP contribution >= 0.6 is 7.60 Å². The summed E-state index contributed by atoms with van der Waals surface area (Å²) in [5.41, 5.74) is -1.50. The number of aryl methyl sites for hydroxylation is 1. The third-order valence-electron chi connectivity index (χ3n) is 2.78. The van der Waals surface area contributed by atoms with Gasteiger partial charge in [0.15, 0.2) is 6.35 Å². The zero-order chi connectivity index (χ0) is 18.6. The monoisotopic (exact) mass is 390 g/mol. The molecule has 0 heterocycles.